The molecule has 1 aliphatic heterocycles. The maximum Gasteiger partial charge on any atom is 0.365 e. The molecule has 1 heterocycles. The Bertz CT molecular complexity index is 271. The number of hydrogen-bond acceptors (Lipinski definition) is 5. The first-order valence-corrected chi connectivity index (χ1v) is 3.97. The van der Waals surface area contributed by atoms with E-state index in [0.717, 1.165) is 0 Å². The second kappa shape index (κ2) is 4.04. The Kier molecular flexibility index (Phi) is 3.02. The Morgan fingerprint density at radius 2 is 2.38 bits per heavy atom. The van der Waals surface area contributed by atoms with E-state index in [9.17, 15) is 4.79 Å². The summed E-state index contributed by atoms with van der Waals surface area (Å²) >= 11 is 0. The van der Waals surface area contributed by atoms with Crippen molar-refractivity contribution in [3.05, 3.63) is 11.9 Å². The van der Waals surface area contributed by atoms with Crippen LogP contribution < -0.4 is 5.32 Å². The Balaban J connectivity index is 2.65. The van der Waals surface area contributed by atoms with Crippen LogP contribution in [0.2, 0.25) is 0 Å². The molecule has 5 nitrogen and oxygen atoms in total. The number of cyclic esters (lactones) is 1. The molecule has 1 rings (SSSR count). The van der Waals surface area contributed by atoms with E-state index >= 15 is 0 Å². The van der Waals surface area contributed by atoms with Gasteiger partial charge in [-0.25, -0.2) is 9.79 Å². The molecule has 0 spiro atoms. The zero-order valence-electron chi connectivity index (χ0n) is 8.00. The minimum atomic E-state index is -0.388. The minimum Gasteiger partial charge on any atom is -0.407 e. The summed E-state index contributed by atoms with van der Waals surface area (Å²) in [6.45, 7) is 2.31. The molecule has 0 aromatic carbocycles. The average Bonchev–Trinajstić information content (AvgIpc) is 2.30. The molecule has 72 valence electrons. The van der Waals surface area contributed by atoms with E-state index in [1.165, 1.54) is 0 Å². The fourth-order valence-electron chi connectivity index (χ4n) is 1.01. The van der Waals surface area contributed by atoms with Crippen LogP contribution in [0.1, 0.15) is 6.92 Å². The molecular formula is C8H13N3O2. The molecule has 0 atom stereocenters. The van der Waals surface area contributed by atoms with Crippen LogP contribution in [-0.4, -0.2) is 37.5 Å². The third-order valence-corrected chi connectivity index (χ3v) is 1.48. The summed E-state index contributed by atoms with van der Waals surface area (Å²) in [4.78, 5) is 16.8. The second-order valence-electron chi connectivity index (χ2n) is 2.80. The highest BCUT2D eigenvalue weighted by atomic mass is 16.6. The third kappa shape index (κ3) is 2.55. The zero-order chi connectivity index (χ0) is 9.84. The van der Waals surface area contributed by atoms with Crippen molar-refractivity contribution in [2.45, 2.75) is 6.92 Å². The lowest BCUT2D eigenvalue weighted by molar-refractivity contribution is -0.130. The maximum atomic E-state index is 11.1. The predicted octanol–water partition coefficient (Wildman–Crippen LogP) is -0.0883. The van der Waals surface area contributed by atoms with Gasteiger partial charge in [-0.05, 0) is 7.05 Å². The van der Waals surface area contributed by atoms with Gasteiger partial charge in [0.05, 0.1) is 6.67 Å². The Hall–Kier alpha value is -1.36. The van der Waals surface area contributed by atoms with Gasteiger partial charge in [0.15, 0.2) is 11.6 Å². The van der Waals surface area contributed by atoms with Crippen molar-refractivity contribution in [3.8, 4) is 0 Å². The predicted molar refractivity (Wildman–Crippen MR) is 49.0 cm³/mol. The summed E-state index contributed by atoms with van der Waals surface area (Å²) in [5.74, 6) is 0.00885. The van der Waals surface area contributed by atoms with Gasteiger partial charge in [-0.1, -0.05) is 0 Å². The smallest absolute Gasteiger partial charge is 0.365 e. The molecule has 5 heteroatoms. The van der Waals surface area contributed by atoms with E-state index in [1.807, 2.05) is 19.0 Å². The van der Waals surface area contributed by atoms with Crippen molar-refractivity contribution >= 4 is 11.9 Å². The summed E-state index contributed by atoms with van der Waals surface area (Å²) in [6, 6.07) is 0. The third-order valence-electron chi connectivity index (χ3n) is 1.48. The highest BCUT2D eigenvalue weighted by molar-refractivity contribution is 6.03. The van der Waals surface area contributed by atoms with Crippen molar-refractivity contribution in [1.82, 2.24) is 10.2 Å². The van der Waals surface area contributed by atoms with Crippen molar-refractivity contribution in [1.29, 1.82) is 0 Å². The van der Waals surface area contributed by atoms with Crippen LogP contribution in [0.5, 0.6) is 0 Å². The number of carbonyl (C=O) groups is 1. The number of hydrogen-bond donors (Lipinski definition) is 1. The summed E-state index contributed by atoms with van der Waals surface area (Å²) < 4.78 is 4.75. The fourth-order valence-corrected chi connectivity index (χ4v) is 1.01. The molecule has 13 heavy (non-hydrogen) atoms. The highest BCUT2D eigenvalue weighted by Crippen LogP contribution is 2.10. The summed E-state index contributed by atoms with van der Waals surface area (Å²) in [6.07, 6.45) is 1.65. The average molecular weight is 183 g/mol. The van der Waals surface area contributed by atoms with Crippen molar-refractivity contribution < 1.29 is 9.53 Å². The monoisotopic (exact) mass is 183 g/mol. The number of ether oxygens (including phenoxy) is 1. The molecule has 1 aliphatic rings. The minimum absolute atomic E-state index is 0.343. The number of nitrogens with one attached hydrogen (secondary N) is 1. The lowest BCUT2D eigenvalue weighted by Crippen LogP contribution is -2.24. The van der Waals surface area contributed by atoms with Gasteiger partial charge in [0.25, 0.3) is 0 Å². The largest absolute Gasteiger partial charge is 0.407 e. The maximum absolute atomic E-state index is 11.1. The van der Waals surface area contributed by atoms with E-state index in [1.54, 1.807) is 13.1 Å². The standard InChI is InChI=1S/C8H13N3O2/c1-6-10-7(8(12)13-6)4-11(3)5-9-2/h4,9H,5H2,1-3H3. The molecule has 0 saturated carbocycles. The number of rotatable bonds is 3. The van der Waals surface area contributed by atoms with Gasteiger partial charge < -0.3 is 15.0 Å². The van der Waals surface area contributed by atoms with E-state index in [4.69, 9.17) is 4.74 Å². The van der Waals surface area contributed by atoms with Gasteiger partial charge in [0.2, 0.25) is 0 Å². The van der Waals surface area contributed by atoms with Crippen molar-refractivity contribution in [2.24, 2.45) is 4.99 Å². The van der Waals surface area contributed by atoms with Gasteiger partial charge in [-0.3, -0.25) is 0 Å². The topological polar surface area (TPSA) is 53.9 Å². The zero-order valence-corrected chi connectivity index (χ0v) is 8.00. The van der Waals surface area contributed by atoms with Crippen LogP contribution >= 0.6 is 0 Å². The van der Waals surface area contributed by atoms with Gasteiger partial charge in [0, 0.05) is 20.2 Å². The van der Waals surface area contributed by atoms with E-state index in [-0.39, 0.29) is 5.97 Å². The molecule has 0 aromatic rings. The molecule has 0 amide bonds. The van der Waals surface area contributed by atoms with Gasteiger partial charge in [-0.2, -0.15) is 0 Å². The van der Waals surface area contributed by atoms with Crippen LogP contribution in [0, 0.1) is 0 Å². The van der Waals surface area contributed by atoms with Crippen molar-refractivity contribution in [2.75, 3.05) is 20.8 Å². The number of carbonyl (C=O) groups excluding carboxylic acids is 1. The van der Waals surface area contributed by atoms with Crippen LogP contribution in [0.4, 0.5) is 0 Å². The molecule has 0 saturated heterocycles. The molecule has 0 unspecified atom stereocenters. The SMILES string of the molecule is CNCN(C)C=C1N=C(C)OC1=O. The highest BCUT2D eigenvalue weighted by Gasteiger charge is 2.19. The Labute approximate surface area is 77.1 Å². The van der Waals surface area contributed by atoms with Crippen molar-refractivity contribution in [3.63, 3.8) is 0 Å². The van der Waals surface area contributed by atoms with E-state index in [0.29, 0.717) is 18.3 Å². The Morgan fingerprint density at radius 3 is 2.85 bits per heavy atom. The first kappa shape index (κ1) is 9.73. The van der Waals surface area contributed by atoms with Crippen LogP contribution in [0.25, 0.3) is 0 Å². The summed E-state index contributed by atoms with van der Waals surface area (Å²) in [7, 11) is 3.68. The number of aliphatic imine (C=N–C) groups is 1. The number of nitrogens with zero attached hydrogens (tertiary/aromatic N) is 2. The molecule has 0 aliphatic carbocycles. The van der Waals surface area contributed by atoms with E-state index in [2.05, 4.69) is 10.3 Å². The van der Waals surface area contributed by atoms with Gasteiger partial charge in [-0.15, -0.1) is 0 Å². The molecule has 0 fully saturated rings. The van der Waals surface area contributed by atoms with Crippen LogP contribution in [0.3, 0.4) is 0 Å². The van der Waals surface area contributed by atoms with Crippen LogP contribution in [-0.2, 0) is 9.53 Å². The van der Waals surface area contributed by atoms with E-state index < -0.39 is 0 Å². The van der Waals surface area contributed by atoms with Gasteiger partial charge in [0.1, 0.15) is 0 Å². The molecule has 0 aromatic heterocycles. The molecule has 0 bridgehead atoms. The normalized spacial score (nSPS) is 18.8. The summed E-state index contributed by atoms with van der Waals surface area (Å²) in [5.41, 5.74) is 0.343. The Morgan fingerprint density at radius 1 is 1.69 bits per heavy atom. The molecule has 0 radical (unpaired) electrons. The molecule has 1 N–H and O–H groups in total. The fraction of sp³-hybridized carbons (Fsp3) is 0.500. The lowest BCUT2D eigenvalue weighted by Gasteiger charge is -2.12. The first-order chi connectivity index (χ1) is 6.13. The molecular weight excluding hydrogens is 170 g/mol. The van der Waals surface area contributed by atoms with Gasteiger partial charge >= 0.3 is 5.97 Å². The quantitative estimate of drug-likeness (QED) is 0.377. The first-order valence-electron chi connectivity index (χ1n) is 3.97. The lowest BCUT2D eigenvalue weighted by atomic mass is 10.5. The summed E-state index contributed by atoms with van der Waals surface area (Å²) in [5, 5.41) is 2.95. The second-order valence-corrected chi connectivity index (χ2v) is 2.80. The number of esters is 1. The van der Waals surface area contributed by atoms with Crippen LogP contribution in [0.15, 0.2) is 16.9 Å².